The molecule has 0 saturated carbocycles. The quantitative estimate of drug-likeness (QED) is 0.422. The summed E-state index contributed by atoms with van der Waals surface area (Å²) in [6.07, 6.45) is -3.15. The first-order valence-electron chi connectivity index (χ1n) is 8.89. The van der Waals surface area contributed by atoms with Gasteiger partial charge in [-0.2, -0.15) is 18.4 Å². The Morgan fingerprint density at radius 1 is 1.27 bits per heavy atom. The molecule has 158 valence electrons. The molecule has 0 spiro atoms. The first-order valence-corrected chi connectivity index (χ1v) is 8.89. The molecule has 0 unspecified atom stereocenters. The van der Waals surface area contributed by atoms with Crippen molar-refractivity contribution in [1.29, 1.82) is 5.26 Å². The van der Waals surface area contributed by atoms with Crippen molar-refractivity contribution in [2.24, 2.45) is 0 Å². The number of aromatic nitrogens is 1. The van der Waals surface area contributed by atoms with Crippen LogP contribution in [0.5, 0.6) is 5.75 Å². The van der Waals surface area contributed by atoms with E-state index in [2.05, 4.69) is 5.32 Å². The fourth-order valence-electron chi connectivity index (χ4n) is 2.85. The normalized spacial score (nSPS) is 11.7. The fraction of sp³-hybridized carbons (Fsp3) is 0.286. The average molecular weight is 419 g/mol. The molecular formula is C21H20F3N3O3. The summed E-state index contributed by atoms with van der Waals surface area (Å²) >= 11 is 0. The van der Waals surface area contributed by atoms with E-state index >= 15 is 0 Å². The predicted molar refractivity (Wildman–Crippen MR) is 104 cm³/mol. The van der Waals surface area contributed by atoms with Crippen LogP contribution in [0.1, 0.15) is 27.3 Å². The molecular weight excluding hydrogens is 399 g/mol. The molecule has 0 atom stereocenters. The van der Waals surface area contributed by atoms with E-state index in [4.69, 9.17) is 4.74 Å². The number of hydrogen-bond acceptors (Lipinski definition) is 4. The topological polar surface area (TPSA) is 84.1 Å². The zero-order valence-electron chi connectivity index (χ0n) is 16.6. The SMILES string of the molecule is CNC(=O)COc1ccccc1/C=C(/C#N)C(=O)c1cc(C)n(CC(F)(F)F)c1C. The van der Waals surface area contributed by atoms with Crippen molar-refractivity contribution < 1.29 is 27.5 Å². The molecule has 1 aromatic carbocycles. The molecule has 0 aliphatic heterocycles. The number of allylic oxidation sites excluding steroid dienone is 1. The summed E-state index contributed by atoms with van der Waals surface area (Å²) in [7, 11) is 1.46. The number of alkyl halides is 3. The third kappa shape index (κ3) is 5.50. The van der Waals surface area contributed by atoms with Crippen LogP contribution in [0.4, 0.5) is 13.2 Å². The van der Waals surface area contributed by atoms with Gasteiger partial charge >= 0.3 is 6.18 Å². The number of rotatable bonds is 7. The summed E-state index contributed by atoms with van der Waals surface area (Å²) in [6, 6.07) is 9.63. The van der Waals surface area contributed by atoms with Crippen molar-refractivity contribution >= 4 is 17.8 Å². The third-order valence-corrected chi connectivity index (χ3v) is 4.38. The van der Waals surface area contributed by atoms with Gasteiger partial charge < -0.3 is 14.6 Å². The number of likely N-dealkylation sites (N-methyl/N-ethyl adjacent to an activating group) is 1. The van der Waals surface area contributed by atoms with Gasteiger partial charge in [0, 0.05) is 29.6 Å². The number of ketones is 1. The van der Waals surface area contributed by atoms with Crippen molar-refractivity contribution in [2.75, 3.05) is 13.7 Å². The number of para-hydroxylation sites is 1. The van der Waals surface area contributed by atoms with Gasteiger partial charge in [0.1, 0.15) is 23.9 Å². The van der Waals surface area contributed by atoms with Crippen LogP contribution in [-0.2, 0) is 11.3 Å². The Labute approximate surface area is 171 Å². The van der Waals surface area contributed by atoms with Gasteiger partial charge in [0.05, 0.1) is 0 Å². The molecule has 6 nitrogen and oxygen atoms in total. The number of hydrogen-bond donors (Lipinski definition) is 1. The summed E-state index contributed by atoms with van der Waals surface area (Å²) in [5.41, 5.74) is 0.530. The van der Waals surface area contributed by atoms with Crippen LogP contribution in [0, 0.1) is 25.2 Å². The zero-order chi connectivity index (χ0) is 22.5. The van der Waals surface area contributed by atoms with E-state index in [1.807, 2.05) is 0 Å². The molecule has 9 heteroatoms. The number of nitrogens with zero attached hydrogens (tertiary/aromatic N) is 2. The first kappa shape index (κ1) is 22.7. The number of halogens is 3. The second-order valence-corrected chi connectivity index (χ2v) is 6.48. The van der Waals surface area contributed by atoms with Gasteiger partial charge in [-0.3, -0.25) is 9.59 Å². The lowest BCUT2D eigenvalue weighted by Gasteiger charge is -2.12. The summed E-state index contributed by atoms with van der Waals surface area (Å²) in [5.74, 6) is -0.771. The first-order chi connectivity index (χ1) is 14.1. The number of benzene rings is 1. The molecule has 1 amide bonds. The number of carbonyl (C=O) groups excluding carboxylic acids is 2. The standard InChI is InChI=1S/C21H20F3N3O3/c1-13-8-17(14(2)27(13)12-21(22,23)24)20(29)16(10-25)9-15-6-4-5-7-18(15)30-11-19(28)26-3/h4-9H,11-12H2,1-3H3,(H,26,28)/b16-9-. The molecule has 2 rings (SSSR count). The number of Topliss-reactive ketones (excluding diaryl/α,β-unsaturated/α-hetero) is 1. The maximum absolute atomic E-state index is 12.9. The minimum atomic E-state index is -4.44. The van der Waals surface area contributed by atoms with Crippen molar-refractivity contribution in [3.05, 3.63) is 58.4 Å². The number of ether oxygens (including phenoxy) is 1. The average Bonchev–Trinajstić information content (AvgIpc) is 2.97. The van der Waals surface area contributed by atoms with Crippen LogP contribution >= 0.6 is 0 Å². The molecule has 0 aliphatic carbocycles. The Bertz CT molecular complexity index is 1030. The van der Waals surface area contributed by atoms with E-state index < -0.39 is 18.5 Å². The van der Waals surface area contributed by atoms with E-state index in [0.29, 0.717) is 5.56 Å². The molecule has 1 heterocycles. The Morgan fingerprint density at radius 3 is 2.53 bits per heavy atom. The van der Waals surface area contributed by atoms with Gasteiger partial charge in [0.25, 0.3) is 5.91 Å². The van der Waals surface area contributed by atoms with Crippen molar-refractivity contribution in [2.45, 2.75) is 26.6 Å². The molecule has 30 heavy (non-hydrogen) atoms. The van der Waals surface area contributed by atoms with Gasteiger partial charge in [-0.1, -0.05) is 18.2 Å². The number of nitrogens with one attached hydrogen (secondary N) is 1. The molecule has 0 saturated heterocycles. The Morgan fingerprint density at radius 2 is 1.93 bits per heavy atom. The van der Waals surface area contributed by atoms with Crippen LogP contribution in [-0.4, -0.2) is 36.1 Å². The Kier molecular flexibility index (Phi) is 7.06. The zero-order valence-corrected chi connectivity index (χ0v) is 16.6. The van der Waals surface area contributed by atoms with E-state index in [-0.39, 0.29) is 40.8 Å². The van der Waals surface area contributed by atoms with Crippen LogP contribution in [0.15, 0.2) is 35.9 Å². The van der Waals surface area contributed by atoms with Crippen LogP contribution < -0.4 is 10.1 Å². The molecule has 0 bridgehead atoms. The smallest absolute Gasteiger partial charge is 0.406 e. The summed E-state index contributed by atoms with van der Waals surface area (Å²) in [6.45, 7) is 1.39. The van der Waals surface area contributed by atoms with E-state index in [1.54, 1.807) is 30.3 Å². The molecule has 0 aliphatic rings. The van der Waals surface area contributed by atoms with Gasteiger partial charge in [-0.05, 0) is 32.1 Å². The van der Waals surface area contributed by atoms with E-state index in [0.717, 1.165) is 4.57 Å². The molecule has 2 aromatic rings. The molecule has 1 N–H and O–H groups in total. The number of nitriles is 1. The molecule has 0 radical (unpaired) electrons. The third-order valence-electron chi connectivity index (χ3n) is 4.38. The van der Waals surface area contributed by atoms with Gasteiger partial charge in [0.15, 0.2) is 6.61 Å². The number of carbonyl (C=O) groups is 2. The molecule has 0 fully saturated rings. The fourth-order valence-corrected chi connectivity index (χ4v) is 2.85. The maximum Gasteiger partial charge on any atom is 0.406 e. The highest BCUT2D eigenvalue weighted by Crippen LogP contribution is 2.26. The maximum atomic E-state index is 12.9. The minimum Gasteiger partial charge on any atom is -0.483 e. The van der Waals surface area contributed by atoms with Gasteiger partial charge in [-0.25, -0.2) is 0 Å². The number of aryl methyl sites for hydroxylation is 1. The lowest BCUT2D eigenvalue weighted by molar-refractivity contribution is -0.141. The van der Waals surface area contributed by atoms with Gasteiger partial charge in [0.2, 0.25) is 5.78 Å². The van der Waals surface area contributed by atoms with E-state index in [1.165, 1.54) is 33.0 Å². The van der Waals surface area contributed by atoms with Gasteiger partial charge in [-0.15, -0.1) is 0 Å². The van der Waals surface area contributed by atoms with Crippen molar-refractivity contribution in [1.82, 2.24) is 9.88 Å². The predicted octanol–water partition coefficient (Wildman–Crippen LogP) is 3.58. The largest absolute Gasteiger partial charge is 0.483 e. The van der Waals surface area contributed by atoms with Crippen LogP contribution in [0.2, 0.25) is 0 Å². The number of amides is 1. The highest BCUT2D eigenvalue weighted by Gasteiger charge is 2.30. The van der Waals surface area contributed by atoms with Crippen molar-refractivity contribution in [3.8, 4) is 11.8 Å². The summed E-state index contributed by atoms with van der Waals surface area (Å²) in [5, 5.41) is 11.9. The Hall–Kier alpha value is -3.54. The highest BCUT2D eigenvalue weighted by atomic mass is 19.4. The van der Waals surface area contributed by atoms with E-state index in [9.17, 15) is 28.0 Å². The lowest BCUT2D eigenvalue weighted by atomic mass is 10.0. The lowest BCUT2D eigenvalue weighted by Crippen LogP contribution is -2.25. The Balaban J connectivity index is 2.39. The monoisotopic (exact) mass is 419 g/mol. The molecule has 1 aromatic heterocycles. The highest BCUT2D eigenvalue weighted by molar-refractivity contribution is 6.15. The van der Waals surface area contributed by atoms with Crippen LogP contribution in [0.3, 0.4) is 0 Å². The minimum absolute atomic E-state index is 0.0216. The van der Waals surface area contributed by atoms with Crippen molar-refractivity contribution in [3.63, 3.8) is 0 Å². The van der Waals surface area contributed by atoms with Crippen LogP contribution in [0.25, 0.3) is 6.08 Å². The summed E-state index contributed by atoms with van der Waals surface area (Å²) < 4.78 is 44.8. The second kappa shape index (κ2) is 9.31. The second-order valence-electron chi connectivity index (χ2n) is 6.48. The summed E-state index contributed by atoms with van der Waals surface area (Å²) in [4.78, 5) is 24.3.